The fourth-order valence-corrected chi connectivity index (χ4v) is 2.64. The number of hydrogen-bond acceptors (Lipinski definition) is 8. The van der Waals surface area contributed by atoms with Gasteiger partial charge in [-0.05, 0) is 18.2 Å². The van der Waals surface area contributed by atoms with Gasteiger partial charge in [-0.3, -0.25) is 4.79 Å². The van der Waals surface area contributed by atoms with E-state index in [0.717, 1.165) is 6.07 Å². The predicted octanol–water partition coefficient (Wildman–Crippen LogP) is 2.60. The van der Waals surface area contributed by atoms with E-state index in [4.69, 9.17) is 18.6 Å². The molecule has 1 aromatic heterocycles. The Morgan fingerprint density at radius 1 is 0.846 bits per heavy atom. The minimum atomic E-state index is -0.861. The maximum Gasteiger partial charge on any atom is 0.208 e. The van der Waals surface area contributed by atoms with Gasteiger partial charge < -0.3 is 33.9 Å². The largest absolute Gasteiger partial charge is 0.504 e. The molecule has 0 unspecified atom stereocenters. The smallest absolute Gasteiger partial charge is 0.208 e. The van der Waals surface area contributed by atoms with Crippen LogP contribution < -0.4 is 19.6 Å². The van der Waals surface area contributed by atoms with Gasteiger partial charge in [-0.2, -0.15) is 0 Å². The first kappa shape index (κ1) is 17.3. The first-order chi connectivity index (χ1) is 12.4. The topological polar surface area (TPSA) is 119 Å². The summed E-state index contributed by atoms with van der Waals surface area (Å²) >= 11 is 0. The third-order valence-electron chi connectivity index (χ3n) is 3.93. The van der Waals surface area contributed by atoms with Crippen molar-refractivity contribution in [2.45, 2.75) is 0 Å². The Balaban J connectivity index is 2.34. The third-order valence-corrected chi connectivity index (χ3v) is 3.93. The van der Waals surface area contributed by atoms with Crippen molar-refractivity contribution < 1.29 is 33.9 Å². The zero-order chi connectivity index (χ0) is 19.0. The maximum absolute atomic E-state index is 12.5. The summed E-state index contributed by atoms with van der Waals surface area (Å²) in [5.74, 6) is -1.58. The van der Waals surface area contributed by atoms with E-state index in [0.29, 0.717) is 17.1 Å². The summed E-state index contributed by atoms with van der Waals surface area (Å²) < 4.78 is 21.1. The highest BCUT2D eigenvalue weighted by molar-refractivity contribution is 5.94. The number of fused-ring (bicyclic) bond motifs is 1. The summed E-state index contributed by atoms with van der Waals surface area (Å²) in [5, 5.41) is 29.4. The van der Waals surface area contributed by atoms with E-state index in [1.807, 2.05) is 0 Å². The van der Waals surface area contributed by atoms with Crippen molar-refractivity contribution in [2.24, 2.45) is 0 Å². The number of aromatic hydroxyl groups is 3. The molecule has 0 aliphatic heterocycles. The van der Waals surface area contributed by atoms with Crippen molar-refractivity contribution in [3.05, 3.63) is 34.5 Å². The van der Waals surface area contributed by atoms with Gasteiger partial charge in [-0.15, -0.1) is 0 Å². The normalized spacial score (nSPS) is 10.7. The highest BCUT2D eigenvalue weighted by Crippen LogP contribution is 2.48. The molecule has 1 heterocycles. The third kappa shape index (κ3) is 2.52. The molecule has 3 aromatic rings. The van der Waals surface area contributed by atoms with Crippen molar-refractivity contribution in [3.8, 4) is 45.8 Å². The molecule has 0 saturated carbocycles. The summed E-state index contributed by atoms with van der Waals surface area (Å²) in [6.45, 7) is 0. The second kappa shape index (κ2) is 6.40. The molecule has 26 heavy (non-hydrogen) atoms. The first-order valence-electron chi connectivity index (χ1n) is 7.44. The van der Waals surface area contributed by atoms with Crippen LogP contribution in [0, 0.1) is 0 Å². The SMILES string of the molecule is COc1ccc(-c2cc(=O)c3c(O)c(O)c(O)c(OC)c3o2)cc1OC. The molecule has 0 spiro atoms. The average molecular weight is 360 g/mol. The zero-order valence-electron chi connectivity index (χ0n) is 14.2. The molecule has 0 atom stereocenters. The van der Waals surface area contributed by atoms with Crippen LogP contribution in [0.15, 0.2) is 33.5 Å². The highest BCUT2D eigenvalue weighted by Gasteiger charge is 2.24. The lowest BCUT2D eigenvalue weighted by molar-refractivity contribution is 0.336. The number of hydrogen-bond donors (Lipinski definition) is 3. The summed E-state index contributed by atoms with van der Waals surface area (Å²) in [4.78, 5) is 12.5. The standard InChI is InChI=1S/C18H16O8/c1-23-10-5-4-8(6-12(10)24-2)11-7-9(19)13-14(20)15(21)16(22)18(25-3)17(13)26-11/h4-7,20-22H,1-3H3. The number of rotatable bonds is 4. The van der Waals surface area contributed by atoms with Gasteiger partial charge in [0, 0.05) is 11.6 Å². The molecule has 0 fully saturated rings. The quantitative estimate of drug-likeness (QED) is 0.608. The highest BCUT2D eigenvalue weighted by atomic mass is 16.5. The molecule has 0 saturated heterocycles. The molecule has 136 valence electrons. The second-order valence-corrected chi connectivity index (χ2v) is 5.33. The fourth-order valence-electron chi connectivity index (χ4n) is 2.64. The van der Waals surface area contributed by atoms with Crippen molar-refractivity contribution in [2.75, 3.05) is 21.3 Å². The van der Waals surface area contributed by atoms with Crippen molar-refractivity contribution >= 4 is 11.0 Å². The van der Waals surface area contributed by atoms with E-state index < -0.39 is 22.7 Å². The van der Waals surface area contributed by atoms with E-state index in [9.17, 15) is 20.1 Å². The zero-order valence-corrected chi connectivity index (χ0v) is 14.2. The Kier molecular flexibility index (Phi) is 4.25. The molecule has 8 nitrogen and oxygen atoms in total. The van der Waals surface area contributed by atoms with Crippen LogP contribution in [-0.2, 0) is 0 Å². The van der Waals surface area contributed by atoms with Gasteiger partial charge in [-0.25, -0.2) is 0 Å². The van der Waals surface area contributed by atoms with Crippen LogP contribution in [0.3, 0.4) is 0 Å². The summed E-state index contributed by atoms with van der Waals surface area (Å²) in [5.41, 5.74) is -0.324. The molecule has 3 rings (SSSR count). The number of phenols is 3. The molecule has 8 heteroatoms. The molecule has 2 aromatic carbocycles. The molecule has 0 bridgehead atoms. The van der Waals surface area contributed by atoms with Crippen molar-refractivity contribution in [3.63, 3.8) is 0 Å². The van der Waals surface area contributed by atoms with Gasteiger partial charge in [0.15, 0.2) is 28.3 Å². The molecular formula is C18H16O8. The van der Waals surface area contributed by atoms with Crippen LogP contribution in [0.2, 0.25) is 0 Å². The van der Waals surface area contributed by atoms with E-state index in [1.165, 1.54) is 21.3 Å². The minimum absolute atomic E-state index is 0.145. The van der Waals surface area contributed by atoms with Crippen LogP contribution >= 0.6 is 0 Å². The molecule has 0 amide bonds. The number of methoxy groups -OCH3 is 3. The lowest BCUT2D eigenvalue weighted by Gasteiger charge is -2.12. The fraction of sp³-hybridized carbons (Fsp3) is 0.167. The molecule has 0 aliphatic rings. The van der Waals surface area contributed by atoms with Gasteiger partial charge >= 0.3 is 0 Å². The van der Waals surface area contributed by atoms with Crippen LogP contribution in [0.4, 0.5) is 0 Å². The van der Waals surface area contributed by atoms with Gasteiger partial charge in [0.2, 0.25) is 17.2 Å². The average Bonchev–Trinajstić information content (AvgIpc) is 2.65. The van der Waals surface area contributed by atoms with E-state index in [1.54, 1.807) is 18.2 Å². The van der Waals surface area contributed by atoms with Crippen LogP contribution in [-0.4, -0.2) is 36.6 Å². The van der Waals surface area contributed by atoms with Crippen LogP contribution in [0.25, 0.3) is 22.3 Å². The van der Waals surface area contributed by atoms with Gasteiger partial charge in [0.25, 0.3) is 0 Å². The molecule has 0 aliphatic carbocycles. The lowest BCUT2D eigenvalue weighted by Crippen LogP contribution is -2.02. The predicted molar refractivity (Wildman–Crippen MR) is 92.6 cm³/mol. The summed E-state index contributed by atoms with van der Waals surface area (Å²) in [7, 11) is 4.20. The van der Waals surface area contributed by atoms with E-state index in [-0.39, 0.29) is 22.5 Å². The summed E-state index contributed by atoms with van der Waals surface area (Å²) in [6, 6.07) is 6.05. The number of phenolic OH excluding ortho intramolecular Hbond substituents is 3. The number of ether oxygens (including phenoxy) is 3. The maximum atomic E-state index is 12.5. The molecular weight excluding hydrogens is 344 g/mol. The molecule has 0 radical (unpaired) electrons. The number of benzene rings is 2. The monoisotopic (exact) mass is 360 g/mol. The Morgan fingerprint density at radius 2 is 1.54 bits per heavy atom. The molecule has 3 N–H and O–H groups in total. The van der Waals surface area contributed by atoms with Crippen LogP contribution in [0.1, 0.15) is 0 Å². The van der Waals surface area contributed by atoms with Gasteiger partial charge in [0.05, 0.1) is 21.3 Å². The van der Waals surface area contributed by atoms with Crippen molar-refractivity contribution in [1.29, 1.82) is 0 Å². The Labute approximate surface area is 147 Å². The van der Waals surface area contributed by atoms with E-state index in [2.05, 4.69) is 0 Å². The lowest BCUT2D eigenvalue weighted by atomic mass is 10.1. The van der Waals surface area contributed by atoms with Gasteiger partial charge in [0.1, 0.15) is 11.1 Å². The Bertz CT molecular complexity index is 1050. The van der Waals surface area contributed by atoms with Gasteiger partial charge in [-0.1, -0.05) is 0 Å². The second-order valence-electron chi connectivity index (χ2n) is 5.33. The van der Waals surface area contributed by atoms with Crippen molar-refractivity contribution in [1.82, 2.24) is 0 Å². The van der Waals surface area contributed by atoms with E-state index >= 15 is 0 Å². The Morgan fingerprint density at radius 3 is 2.15 bits per heavy atom. The minimum Gasteiger partial charge on any atom is -0.504 e. The first-order valence-corrected chi connectivity index (χ1v) is 7.44. The Hall–Kier alpha value is -3.55. The summed E-state index contributed by atoms with van der Waals surface area (Å²) in [6.07, 6.45) is 0. The van der Waals surface area contributed by atoms with Crippen LogP contribution in [0.5, 0.6) is 34.5 Å².